The number of rotatable bonds is 27. The molecule has 0 aromatic carbocycles. The van der Waals surface area contributed by atoms with Gasteiger partial charge in [0, 0.05) is 32.8 Å². The van der Waals surface area contributed by atoms with E-state index >= 15 is 0 Å². The summed E-state index contributed by atoms with van der Waals surface area (Å²) in [6.07, 6.45) is 23.0. The van der Waals surface area contributed by atoms with E-state index in [1.165, 1.54) is 94.8 Å². The molecule has 9 nitrogen and oxygen atoms in total. The summed E-state index contributed by atoms with van der Waals surface area (Å²) in [5.74, 6) is 0. The summed E-state index contributed by atoms with van der Waals surface area (Å²) in [5.41, 5.74) is 0. The van der Waals surface area contributed by atoms with Crippen molar-refractivity contribution in [2.45, 2.75) is 122 Å². The molecular weight excluding hydrogens is 543 g/mol. The predicted octanol–water partition coefficient (Wildman–Crippen LogP) is 6.82. The van der Waals surface area contributed by atoms with Gasteiger partial charge in [0.15, 0.2) is 25.0 Å². The Morgan fingerprint density at radius 2 is 1.27 bits per heavy atom. The summed E-state index contributed by atoms with van der Waals surface area (Å²) >= 11 is 0. The molecule has 41 heavy (non-hydrogen) atoms. The van der Waals surface area contributed by atoms with Crippen molar-refractivity contribution in [3.8, 4) is 0 Å². The number of hydrogen-bond acceptors (Lipinski definition) is 7. The monoisotopic (exact) mass is 600 g/mol. The topological polar surface area (TPSA) is 101 Å². The smallest absolute Gasteiger partial charge is 0.409 e. The molecule has 0 bridgehead atoms. The number of unbranched alkanes of at least 4 members (excludes halogenated alkanes) is 15. The molecule has 0 aliphatic carbocycles. The fraction of sp³-hybridized carbons (Fsp3) is 0.806. The number of carbonyl (C=O) groups is 1. The van der Waals surface area contributed by atoms with Crippen LogP contribution in [0.5, 0.6) is 0 Å². The van der Waals surface area contributed by atoms with Crippen LogP contribution in [0.1, 0.15) is 110 Å². The first-order valence-electron chi connectivity index (χ1n) is 15.8. The van der Waals surface area contributed by atoms with E-state index in [0.29, 0.717) is 13.2 Å². The maximum atomic E-state index is 12.2. The summed E-state index contributed by atoms with van der Waals surface area (Å²) in [6.45, 7) is 2.78. The molecular formula is C31H57N2O7P. The van der Waals surface area contributed by atoms with E-state index < -0.39 is 20.0 Å². The second-order valence-corrected chi connectivity index (χ2v) is 12.4. The molecule has 10 heteroatoms. The minimum absolute atomic E-state index is 0.0538. The summed E-state index contributed by atoms with van der Waals surface area (Å²) in [5, 5.41) is 0. The molecule has 0 saturated carbocycles. The minimum Gasteiger partial charge on any atom is -0.756 e. The molecule has 238 valence electrons. The lowest BCUT2D eigenvalue weighted by Crippen LogP contribution is -2.35. The molecule has 2 unspecified atom stereocenters. The van der Waals surface area contributed by atoms with E-state index in [1.54, 1.807) is 18.7 Å². The maximum absolute atomic E-state index is 12.2. The number of phosphoric ester groups is 1. The van der Waals surface area contributed by atoms with Gasteiger partial charge in [0.1, 0.15) is 6.61 Å². The van der Waals surface area contributed by atoms with E-state index in [0.717, 1.165) is 12.8 Å². The van der Waals surface area contributed by atoms with E-state index in [-0.39, 0.29) is 19.8 Å². The molecule has 1 amide bonds. The number of carbonyl (C=O) groups excluding carboxylic acids is 1. The van der Waals surface area contributed by atoms with Crippen molar-refractivity contribution in [2.24, 2.45) is 0 Å². The molecule has 0 aliphatic heterocycles. The molecule has 0 radical (unpaired) electrons. The van der Waals surface area contributed by atoms with Gasteiger partial charge in [-0.15, -0.1) is 0 Å². The van der Waals surface area contributed by atoms with Crippen LogP contribution in [0.4, 0.5) is 4.79 Å². The first kappa shape index (κ1) is 37.5. The van der Waals surface area contributed by atoms with Gasteiger partial charge < -0.3 is 28.3 Å². The van der Waals surface area contributed by atoms with E-state index in [4.69, 9.17) is 18.5 Å². The van der Waals surface area contributed by atoms with Gasteiger partial charge in [-0.1, -0.05) is 109 Å². The zero-order valence-corrected chi connectivity index (χ0v) is 26.9. The van der Waals surface area contributed by atoms with Gasteiger partial charge in [0.2, 0.25) is 0 Å². The Labute approximate surface area is 249 Å². The second-order valence-electron chi connectivity index (χ2n) is 11.0. The van der Waals surface area contributed by atoms with Crippen molar-refractivity contribution in [1.82, 2.24) is 4.90 Å². The molecule has 0 aliphatic rings. The van der Waals surface area contributed by atoms with Crippen LogP contribution < -0.4 is 9.46 Å². The highest BCUT2D eigenvalue weighted by Gasteiger charge is 2.20. The van der Waals surface area contributed by atoms with Crippen LogP contribution in [0.2, 0.25) is 0 Å². The summed E-state index contributed by atoms with van der Waals surface area (Å²) in [4.78, 5) is 25.4. The summed E-state index contributed by atoms with van der Waals surface area (Å²) < 4.78 is 34.9. The average Bonchev–Trinajstić information content (AvgIpc) is 2.95. The quantitative estimate of drug-likeness (QED) is 0.0620. The highest BCUT2D eigenvalue weighted by Crippen LogP contribution is 2.38. The van der Waals surface area contributed by atoms with Crippen molar-refractivity contribution in [3.63, 3.8) is 0 Å². The Bertz CT molecular complexity index is 798. The number of ether oxygens (including phenoxy) is 2. The van der Waals surface area contributed by atoms with Gasteiger partial charge in [-0.2, -0.15) is 0 Å². The molecule has 1 heterocycles. The first-order valence-corrected chi connectivity index (χ1v) is 17.3. The molecule has 1 aromatic rings. The fourth-order valence-electron chi connectivity index (χ4n) is 4.38. The van der Waals surface area contributed by atoms with Crippen molar-refractivity contribution in [2.75, 3.05) is 40.5 Å². The maximum Gasteiger partial charge on any atom is 0.409 e. The standard InChI is InChI=1S/C31H57N2O7P/c1-4-5-6-7-8-9-10-11-12-13-14-15-16-17-18-22-26-37-28-30(40-31(34)32(2)3)29-39-41(35,36)38-27-25-33-23-20-19-21-24-33/h19-21,23-24,30H,4-18,22,25-29H2,1-3H3. The van der Waals surface area contributed by atoms with Crippen LogP contribution in [-0.4, -0.2) is 57.6 Å². The Morgan fingerprint density at radius 3 is 1.78 bits per heavy atom. The lowest BCUT2D eigenvalue weighted by molar-refractivity contribution is -0.697. The molecule has 1 aromatic heterocycles. The Kier molecular flexibility index (Phi) is 22.9. The number of amides is 1. The largest absolute Gasteiger partial charge is 0.756 e. The molecule has 0 spiro atoms. The van der Waals surface area contributed by atoms with Crippen LogP contribution >= 0.6 is 7.82 Å². The van der Waals surface area contributed by atoms with Gasteiger partial charge in [-0.25, -0.2) is 9.36 Å². The Hall–Kier alpha value is -1.51. The number of phosphoric acid groups is 1. The third kappa shape index (κ3) is 22.7. The van der Waals surface area contributed by atoms with Gasteiger partial charge >= 0.3 is 6.09 Å². The van der Waals surface area contributed by atoms with Crippen LogP contribution in [0.25, 0.3) is 0 Å². The Morgan fingerprint density at radius 1 is 0.756 bits per heavy atom. The first-order chi connectivity index (χ1) is 19.8. The van der Waals surface area contributed by atoms with Gasteiger partial charge in [-0.3, -0.25) is 4.57 Å². The van der Waals surface area contributed by atoms with E-state index in [1.807, 2.05) is 30.6 Å². The molecule has 1 rings (SSSR count). The molecule has 2 atom stereocenters. The number of hydrogen-bond donors (Lipinski definition) is 0. The van der Waals surface area contributed by atoms with Gasteiger partial charge in [0.25, 0.3) is 7.82 Å². The van der Waals surface area contributed by atoms with Crippen LogP contribution in [0, 0.1) is 0 Å². The van der Waals surface area contributed by atoms with Crippen molar-refractivity contribution < 1.29 is 37.3 Å². The number of nitrogens with zero attached hydrogens (tertiary/aromatic N) is 2. The van der Waals surface area contributed by atoms with Gasteiger partial charge in [-0.05, 0) is 6.42 Å². The molecule has 0 fully saturated rings. The second kappa shape index (κ2) is 25.0. The zero-order valence-electron chi connectivity index (χ0n) is 26.0. The molecule has 0 N–H and O–H groups in total. The van der Waals surface area contributed by atoms with Gasteiger partial charge in [0.05, 0.1) is 13.2 Å². The number of pyridine rings is 1. The van der Waals surface area contributed by atoms with Crippen molar-refractivity contribution in [3.05, 3.63) is 30.6 Å². The number of aromatic nitrogens is 1. The lowest BCUT2D eigenvalue weighted by atomic mass is 10.0. The average molecular weight is 601 g/mol. The predicted molar refractivity (Wildman–Crippen MR) is 160 cm³/mol. The summed E-state index contributed by atoms with van der Waals surface area (Å²) in [6, 6.07) is 5.56. The summed E-state index contributed by atoms with van der Waals surface area (Å²) in [7, 11) is -1.44. The van der Waals surface area contributed by atoms with Crippen LogP contribution in [0.3, 0.4) is 0 Å². The van der Waals surface area contributed by atoms with E-state index in [2.05, 4.69) is 6.92 Å². The Balaban J connectivity index is 2.10. The molecule has 0 saturated heterocycles. The normalized spacial score (nSPS) is 13.6. The third-order valence-corrected chi connectivity index (χ3v) is 7.84. The van der Waals surface area contributed by atoms with E-state index in [9.17, 15) is 14.3 Å². The third-order valence-electron chi connectivity index (χ3n) is 6.87. The fourth-order valence-corrected chi connectivity index (χ4v) is 5.11. The van der Waals surface area contributed by atoms with Crippen molar-refractivity contribution >= 4 is 13.9 Å². The zero-order chi connectivity index (χ0) is 30.0. The van der Waals surface area contributed by atoms with Crippen molar-refractivity contribution in [1.29, 1.82) is 0 Å². The lowest BCUT2D eigenvalue weighted by Gasteiger charge is -2.26. The minimum atomic E-state index is -4.55. The highest BCUT2D eigenvalue weighted by molar-refractivity contribution is 7.45. The SMILES string of the molecule is CCCCCCCCCCCCCCCCCCOCC(COP(=O)([O-])OCC[n+]1ccccc1)OC(=O)N(C)C. The highest BCUT2D eigenvalue weighted by atomic mass is 31.2. The van der Waals surface area contributed by atoms with Crippen LogP contribution in [-0.2, 0) is 29.6 Å². The van der Waals surface area contributed by atoms with Crippen LogP contribution in [0.15, 0.2) is 30.6 Å².